The molecular formula is C40H40O4. The highest BCUT2D eigenvalue weighted by Gasteiger charge is 2.21. The molecule has 4 aromatic rings. The molecule has 0 heterocycles. The Morgan fingerprint density at radius 1 is 0.364 bits per heavy atom. The normalized spacial score (nSPS) is 12.0. The van der Waals surface area contributed by atoms with Crippen LogP contribution in [-0.4, -0.2) is 26.4 Å². The molecule has 4 aromatic carbocycles. The molecule has 1 aliphatic rings. The Bertz CT molecular complexity index is 1320. The summed E-state index contributed by atoms with van der Waals surface area (Å²) in [4.78, 5) is 0. The van der Waals surface area contributed by atoms with Crippen molar-refractivity contribution in [3.8, 4) is 23.0 Å². The van der Waals surface area contributed by atoms with E-state index >= 15 is 0 Å². The van der Waals surface area contributed by atoms with Crippen molar-refractivity contribution in [1.29, 1.82) is 0 Å². The number of hydrogen-bond acceptors (Lipinski definition) is 4. The molecule has 0 spiro atoms. The third-order valence-electron chi connectivity index (χ3n) is 7.62. The minimum Gasteiger partial charge on any atom is -0.489 e. The summed E-state index contributed by atoms with van der Waals surface area (Å²) in [6, 6.07) is 25.4. The molecule has 44 heavy (non-hydrogen) atoms. The average molecular weight is 585 g/mol. The van der Waals surface area contributed by atoms with Crippen LogP contribution in [0.1, 0.15) is 44.5 Å². The van der Waals surface area contributed by atoms with Gasteiger partial charge in [-0.1, -0.05) is 123 Å². The van der Waals surface area contributed by atoms with Crippen LogP contribution >= 0.6 is 0 Å². The van der Waals surface area contributed by atoms with E-state index in [2.05, 4.69) is 99.1 Å². The van der Waals surface area contributed by atoms with Gasteiger partial charge in [0.25, 0.3) is 0 Å². The lowest BCUT2D eigenvalue weighted by Gasteiger charge is -2.22. The second-order valence-corrected chi connectivity index (χ2v) is 10.7. The van der Waals surface area contributed by atoms with Gasteiger partial charge in [-0.15, -0.1) is 0 Å². The van der Waals surface area contributed by atoms with Crippen molar-refractivity contribution in [3.05, 3.63) is 168 Å². The van der Waals surface area contributed by atoms with Crippen LogP contribution in [0.3, 0.4) is 0 Å². The molecule has 8 bridgehead atoms. The summed E-state index contributed by atoms with van der Waals surface area (Å²) in [6.07, 6.45) is 9.69. The minimum atomic E-state index is 0.409. The fourth-order valence-corrected chi connectivity index (χ4v) is 5.80. The van der Waals surface area contributed by atoms with Gasteiger partial charge >= 0.3 is 0 Å². The predicted octanol–water partition coefficient (Wildman–Crippen LogP) is 8.62. The summed E-state index contributed by atoms with van der Waals surface area (Å²) in [7, 11) is 0. The maximum absolute atomic E-state index is 6.38. The van der Waals surface area contributed by atoms with Crippen molar-refractivity contribution in [2.45, 2.75) is 25.7 Å². The van der Waals surface area contributed by atoms with Crippen molar-refractivity contribution >= 4 is 0 Å². The standard InChI is InChI=1S/C40H40O4/c1-5-21-41-37-29-13-9-14-30(37)26-32-16-11-18-34(39(32)43-23-7-3)28-36-20-12-19-35(40(36)44-24-8-4)27-33-17-10-15-31(25-29)38(33)42-22-6-2/h5-20H,1-4,21-28H2. The molecule has 0 aliphatic heterocycles. The van der Waals surface area contributed by atoms with E-state index in [1.54, 1.807) is 24.3 Å². The van der Waals surface area contributed by atoms with E-state index in [9.17, 15) is 0 Å². The van der Waals surface area contributed by atoms with E-state index in [1.165, 1.54) is 0 Å². The van der Waals surface area contributed by atoms with Gasteiger partial charge in [0.15, 0.2) is 0 Å². The second-order valence-electron chi connectivity index (χ2n) is 10.7. The first-order chi connectivity index (χ1) is 21.7. The monoisotopic (exact) mass is 584 g/mol. The Labute approximate surface area is 261 Å². The zero-order valence-corrected chi connectivity index (χ0v) is 25.4. The molecule has 0 radical (unpaired) electrons. The molecule has 5 rings (SSSR count). The molecule has 0 aromatic heterocycles. The molecule has 0 N–H and O–H groups in total. The number of fused-ring (bicyclic) bond motifs is 8. The van der Waals surface area contributed by atoms with Crippen LogP contribution < -0.4 is 18.9 Å². The topological polar surface area (TPSA) is 36.9 Å². The van der Waals surface area contributed by atoms with Crippen LogP contribution in [0.25, 0.3) is 0 Å². The van der Waals surface area contributed by atoms with Crippen LogP contribution in [-0.2, 0) is 25.7 Å². The largest absolute Gasteiger partial charge is 0.489 e. The van der Waals surface area contributed by atoms with Gasteiger partial charge < -0.3 is 18.9 Å². The van der Waals surface area contributed by atoms with Crippen LogP contribution in [0.2, 0.25) is 0 Å². The summed E-state index contributed by atoms with van der Waals surface area (Å²) in [6.45, 7) is 17.2. The first-order valence-corrected chi connectivity index (χ1v) is 15.0. The molecule has 0 saturated carbocycles. The highest BCUT2D eigenvalue weighted by Crippen LogP contribution is 2.38. The van der Waals surface area contributed by atoms with Gasteiger partial charge in [-0.3, -0.25) is 0 Å². The maximum atomic E-state index is 6.38. The molecule has 224 valence electrons. The fourth-order valence-electron chi connectivity index (χ4n) is 5.80. The van der Waals surface area contributed by atoms with Gasteiger partial charge in [0, 0.05) is 25.7 Å². The first-order valence-electron chi connectivity index (χ1n) is 15.0. The quantitative estimate of drug-likeness (QED) is 0.138. The van der Waals surface area contributed by atoms with Crippen molar-refractivity contribution in [3.63, 3.8) is 0 Å². The lowest BCUT2D eigenvalue weighted by Crippen LogP contribution is -2.09. The lowest BCUT2D eigenvalue weighted by molar-refractivity contribution is 0.347. The van der Waals surface area contributed by atoms with E-state index in [-0.39, 0.29) is 0 Å². The third kappa shape index (κ3) is 6.98. The van der Waals surface area contributed by atoms with E-state index in [0.717, 1.165) is 67.5 Å². The molecule has 0 fully saturated rings. The molecule has 0 unspecified atom stereocenters. The molecule has 0 atom stereocenters. The number of para-hydroxylation sites is 4. The van der Waals surface area contributed by atoms with E-state index in [4.69, 9.17) is 18.9 Å². The highest BCUT2D eigenvalue weighted by atomic mass is 16.5. The van der Waals surface area contributed by atoms with E-state index < -0.39 is 0 Å². The molecule has 1 aliphatic carbocycles. The van der Waals surface area contributed by atoms with Crippen LogP contribution in [0.5, 0.6) is 23.0 Å². The third-order valence-corrected chi connectivity index (χ3v) is 7.62. The number of rotatable bonds is 12. The predicted molar refractivity (Wildman–Crippen MR) is 180 cm³/mol. The van der Waals surface area contributed by atoms with E-state index in [1.807, 2.05) is 0 Å². The Balaban J connectivity index is 1.76. The number of ether oxygens (including phenoxy) is 4. The summed E-state index contributed by atoms with van der Waals surface area (Å²) in [5.74, 6) is 3.46. The second kappa shape index (κ2) is 15.0. The van der Waals surface area contributed by atoms with E-state index in [0.29, 0.717) is 52.1 Å². The Hall–Kier alpha value is -4.96. The van der Waals surface area contributed by atoms with Gasteiger partial charge in [-0.05, 0) is 44.5 Å². The zero-order valence-electron chi connectivity index (χ0n) is 25.4. The van der Waals surface area contributed by atoms with Gasteiger partial charge in [0.1, 0.15) is 49.4 Å². The minimum absolute atomic E-state index is 0.409. The Morgan fingerprint density at radius 2 is 0.545 bits per heavy atom. The SMILES string of the molecule is C=CCOc1c2cccc1Cc1cccc(c1OCC=C)Cc1cccc(c1OCC=C)Cc1cccc(c1OCC=C)C2. The summed E-state index contributed by atoms with van der Waals surface area (Å²) >= 11 is 0. The van der Waals surface area contributed by atoms with Gasteiger partial charge in [0.05, 0.1) is 0 Å². The number of benzene rings is 4. The van der Waals surface area contributed by atoms with Crippen molar-refractivity contribution in [1.82, 2.24) is 0 Å². The smallest absolute Gasteiger partial charge is 0.126 e. The molecule has 0 amide bonds. The number of hydrogen-bond donors (Lipinski definition) is 0. The maximum Gasteiger partial charge on any atom is 0.126 e. The van der Waals surface area contributed by atoms with Crippen LogP contribution in [0.4, 0.5) is 0 Å². The Kier molecular flexibility index (Phi) is 10.4. The van der Waals surface area contributed by atoms with Crippen LogP contribution in [0.15, 0.2) is 123 Å². The highest BCUT2D eigenvalue weighted by molar-refractivity contribution is 5.56. The van der Waals surface area contributed by atoms with Crippen LogP contribution in [0, 0.1) is 0 Å². The molecule has 4 nitrogen and oxygen atoms in total. The van der Waals surface area contributed by atoms with Crippen molar-refractivity contribution in [2.24, 2.45) is 0 Å². The van der Waals surface area contributed by atoms with Crippen molar-refractivity contribution < 1.29 is 18.9 Å². The zero-order chi connectivity index (χ0) is 30.7. The summed E-state index contributed by atoms with van der Waals surface area (Å²) in [5, 5.41) is 0. The lowest BCUT2D eigenvalue weighted by atomic mass is 9.91. The average Bonchev–Trinajstić information content (AvgIpc) is 3.03. The molecule has 0 saturated heterocycles. The van der Waals surface area contributed by atoms with Gasteiger partial charge in [-0.25, -0.2) is 0 Å². The Morgan fingerprint density at radius 3 is 0.705 bits per heavy atom. The first kappa shape index (κ1) is 30.5. The van der Waals surface area contributed by atoms with Gasteiger partial charge in [-0.2, -0.15) is 0 Å². The van der Waals surface area contributed by atoms with Crippen molar-refractivity contribution in [2.75, 3.05) is 26.4 Å². The molecule has 4 heteroatoms. The molecular weight excluding hydrogens is 544 g/mol. The van der Waals surface area contributed by atoms with Gasteiger partial charge in [0.2, 0.25) is 0 Å². The fraction of sp³-hybridized carbons (Fsp3) is 0.200. The summed E-state index contributed by atoms with van der Waals surface area (Å²) < 4.78 is 25.5. The summed E-state index contributed by atoms with van der Waals surface area (Å²) in [5.41, 5.74) is 8.66.